The average molecular weight is 292 g/mol. The van der Waals surface area contributed by atoms with Gasteiger partial charge in [-0.15, -0.1) is 0 Å². The molecular weight excluding hydrogens is 264 g/mol. The minimum absolute atomic E-state index is 0.124. The van der Waals surface area contributed by atoms with E-state index in [1.165, 1.54) is 18.9 Å². The van der Waals surface area contributed by atoms with Crippen LogP contribution in [0.2, 0.25) is 0 Å². The summed E-state index contributed by atoms with van der Waals surface area (Å²) in [5.41, 5.74) is 0.812. The van der Waals surface area contributed by atoms with E-state index in [-0.39, 0.29) is 17.5 Å². The average Bonchev–Trinajstić information content (AvgIpc) is 2.47. The van der Waals surface area contributed by atoms with Crippen LogP contribution in [-0.4, -0.2) is 40.8 Å². The molecule has 1 aliphatic rings. The van der Waals surface area contributed by atoms with Crippen LogP contribution in [0.4, 0.5) is 0 Å². The topological polar surface area (TPSA) is 55.7 Å². The highest BCUT2D eigenvalue weighted by molar-refractivity contribution is 5.40. The van der Waals surface area contributed by atoms with Crippen LogP contribution >= 0.6 is 0 Å². The lowest BCUT2D eigenvalue weighted by molar-refractivity contribution is 0.128. The lowest BCUT2D eigenvalue weighted by Gasteiger charge is -2.37. The van der Waals surface area contributed by atoms with E-state index in [1.807, 2.05) is 0 Å². The van der Waals surface area contributed by atoms with E-state index in [0.717, 1.165) is 25.2 Å². The van der Waals surface area contributed by atoms with Gasteiger partial charge in [0, 0.05) is 24.2 Å². The number of hydrogen-bond donors (Lipinski definition) is 3. The van der Waals surface area contributed by atoms with Crippen molar-refractivity contribution in [2.45, 2.75) is 45.7 Å². The lowest BCUT2D eigenvalue weighted by atomic mass is 9.94. The Bertz CT molecular complexity index is 462. The normalized spacial score (nSPS) is 21.6. The molecule has 1 aromatic carbocycles. The van der Waals surface area contributed by atoms with E-state index in [9.17, 15) is 10.2 Å². The van der Waals surface area contributed by atoms with Gasteiger partial charge in [-0.1, -0.05) is 13.8 Å². The predicted molar refractivity (Wildman–Crippen MR) is 85.6 cm³/mol. The van der Waals surface area contributed by atoms with Gasteiger partial charge in [-0.2, -0.15) is 0 Å². The summed E-state index contributed by atoms with van der Waals surface area (Å²) >= 11 is 0. The van der Waals surface area contributed by atoms with E-state index >= 15 is 0 Å². The van der Waals surface area contributed by atoms with Crippen molar-refractivity contribution in [3.05, 3.63) is 23.8 Å². The minimum Gasteiger partial charge on any atom is -0.508 e. The van der Waals surface area contributed by atoms with Crippen molar-refractivity contribution >= 4 is 0 Å². The fourth-order valence-corrected chi connectivity index (χ4v) is 3.09. The first kappa shape index (κ1) is 16.1. The van der Waals surface area contributed by atoms with Crippen molar-refractivity contribution in [3.8, 4) is 11.5 Å². The zero-order valence-corrected chi connectivity index (χ0v) is 13.3. The molecule has 0 aliphatic carbocycles. The molecule has 1 fully saturated rings. The zero-order chi connectivity index (χ0) is 15.4. The van der Waals surface area contributed by atoms with Crippen molar-refractivity contribution in [3.63, 3.8) is 0 Å². The Labute approximate surface area is 127 Å². The number of hydrogen-bond acceptors (Lipinski definition) is 4. The molecule has 0 spiro atoms. The van der Waals surface area contributed by atoms with Gasteiger partial charge in [0.25, 0.3) is 0 Å². The van der Waals surface area contributed by atoms with Crippen molar-refractivity contribution < 1.29 is 10.2 Å². The summed E-state index contributed by atoms with van der Waals surface area (Å²) < 4.78 is 0. The molecule has 21 heavy (non-hydrogen) atoms. The number of phenolic OH excluding ortho intramolecular Hbond substituents is 2. The minimum atomic E-state index is 0.124. The first-order valence-electron chi connectivity index (χ1n) is 7.96. The van der Waals surface area contributed by atoms with Gasteiger partial charge in [0.1, 0.15) is 11.5 Å². The van der Waals surface area contributed by atoms with Crippen LogP contribution in [0, 0.1) is 5.92 Å². The molecular formula is C17H28N2O2. The van der Waals surface area contributed by atoms with Crippen molar-refractivity contribution in [2.75, 3.05) is 19.6 Å². The molecule has 2 atom stereocenters. The second-order valence-electron chi connectivity index (χ2n) is 6.49. The first-order chi connectivity index (χ1) is 9.97. The van der Waals surface area contributed by atoms with Gasteiger partial charge in [0.05, 0.1) is 0 Å². The molecule has 4 nitrogen and oxygen atoms in total. The number of phenols is 2. The number of benzene rings is 1. The Balaban J connectivity index is 2.01. The molecule has 0 amide bonds. The summed E-state index contributed by atoms with van der Waals surface area (Å²) in [4.78, 5) is 2.41. The third-order valence-corrected chi connectivity index (χ3v) is 4.37. The maximum Gasteiger partial charge on any atom is 0.120 e. The fourth-order valence-electron chi connectivity index (χ4n) is 3.09. The van der Waals surface area contributed by atoms with E-state index in [0.29, 0.717) is 12.0 Å². The number of aromatic hydroxyl groups is 2. The maximum atomic E-state index is 10.0. The van der Waals surface area contributed by atoms with E-state index in [2.05, 4.69) is 31.0 Å². The summed E-state index contributed by atoms with van der Waals surface area (Å²) in [5.74, 6) is 1.13. The van der Waals surface area contributed by atoms with Crippen LogP contribution in [0.5, 0.6) is 11.5 Å². The van der Waals surface area contributed by atoms with E-state index < -0.39 is 0 Å². The number of likely N-dealkylation sites (tertiary alicyclic amines) is 1. The molecule has 118 valence electrons. The molecule has 1 aromatic rings. The third-order valence-electron chi connectivity index (χ3n) is 4.37. The van der Waals surface area contributed by atoms with Gasteiger partial charge in [-0.3, -0.25) is 4.90 Å². The second kappa shape index (κ2) is 7.14. The standard InChI is InChI=1S/C17H28N2O2/c1-12(2)18-10-14-5-4-8-19(11-14)13(3)16-9-15(20)6-7-17(16)21/h6-7,9,12-14,18,20-21H,4-5,8,10-11H2,1-3H3. The molecule has 0 radical (unpaired) electrons. The van der Waals surface area contributed by atoms with Crippen LogP contribution in [-0.2, 0) is 0 Å². The van der Waals surface area contributed by atoms with Crippen LogP contribution in [0.3, 0.4) is 0 Å². The Morgan fingerprint density at radius 2 is 2.05 bits per heavy atom. The zero-order valence-electron chi connectivity index (χ0n) is 13.3. The van der Waals surface area contributed by atoms with Crippen molar-refractivity contribution in [1.82, 2.24) is 10.2 Å². The van der Waals surface area contributed by atoms with Gasteiger partial charge in [-0.05, 0) is 57.0 Å². The van der Waals surface area contributed by atoms with Gasteiger partial charge in [-0.25, -0.2) is 0 Å². The van der Waals surface area contributed by atoms with Crippen LogP contribution in [0.15, 0.2) is 18.2 Å². The second-order valence-corrected chi connectivity index (χ2v) is 6.49. The Hall–Kier alpha value is -1.26. The summed E-state index contributed by atoms with van der Waals surface area (Å²) in [6.45, 7) is 9.59. The smallest absolute Gasteiger partial charge is 0.120 e. The van der Waals surface area contributed by atoms with Gasteiger partial charge >= 0.3 is 0 Å². The highest BCUT2D eigenvalue weighted by Crippen LogP contribution is 2.33. The van der Waals surface area contributed by atoms with Gasteiger partial charge < -0.3 is 15.5 Å². The van der Waals surface area contributed by atoms with Crippen LogP contribution in [0.25, 0.3) is 0 Å². The Morgan fingerprint density at radius 3 is 2.76 bits per heavy atom. The summed E-state index contributed by atoms with van der Waals surface area (Å²) in [6.07, 6.45) is 2.45. The van der Waals surface area contributed by atoms with Crippen LogP contribution in [0.1, 0.15) is 45.2 Å². The summed E-state index contributed by atoms with van der Waals surface area (Å²) in [6, 6.07) is 5.42. The highest BCUT2D eigenvalue weighted by atomic mass is 16.3. The van der Waals surface area contributed by atoms with Gasteiger partial charge in [0.2, 0.25) is 0 Å². The maximum absolute atomic E-state index is 10.0. The van der Waals surface area contributed by atoms with Gasteiger partial charge in [0.15, 0.2) is 0 Å². The molecule has 0 saturated carbocycles. The molecule has 0 bridgehead atoms. The fraction of sp³-hybridized carbons (Fsp3) is 0.647. The van der Waals surface area contributed by atoms with Crippen molar-refractivity contribution in [2.24, 2.45) is 5.92 Å². The molecule has 1 heterocycles. The number of nitrogens with zero attached hydrogens (tertiary/aromatic N) is 1. The molecule has 3 N–H and O–H groups in total. The summed E-state index contributed by atoms with van der Waals surface area (Å²) in [5, 5.41) is 23.2. The Kier molecular flexibility index (Phi) is 5.48. The van der Waals surface area contributed by atoms with Crippen LogP contribution < -0.4 is 5.32 Å². The van der Waals surface area contributed by atoms with E-state index in [1.54, 1.807) is 12.1 Å². The number of nitrogens with one attached hydrogen (secondary N) is 1. The van der Waals surface area contributed by atoms with Crippen molar-refractivity contribution in [1.29, 1.82) is 0 Å². The number of rotatable bonds is 5. The number of piperidine rings is 1. The monoisotopic (exact) mass is 292 g/mol. The summed E-state index contributed by atoms with van der Waals surface area (Å²) in [7, 11) is 0. The lowest BCUT2D eigenvalue weighted by Crippen LogP contribution is -2.42. The predicted octanol–water partition coefficient (Wildman–Crippen LogP) is 2.87. The molecule has 1 aliphatic heterocycles. The molecule has 0 aromatic heterocycles. The first-order valence-corrected chi connectivity index (χ1v) is 7.96. The molecule has 1 saturated heterocycles. The largest absolute Gasteiger partial charge is 0.508 e. The van der Waals surface area contributed by atoms with E-state index in [4.69, 9.17) is 0 Å². The SMILES string of the molecule is CC(C)NCC1CCCN(C(C)c2cc(O)ccc2O)C1. The Morgan fingerprint density at radius 1 is 1.29 bits per heavy atom. The molecule has 4 heteroatoms. The quantitative estimate of drug-likeness (QED) is 0.731. The molecule has 2 unspecified atom stereocenters. The molecule has 2 rings (SSSR count). The highest BCUT2D eigenvalue weighted by Gasteiger charge is 2.25. The third kappa shape index (κ3) is 4.35.